The van der Waals surface area contributed by atoms with Crippen molar-refractivity contribution in [2.45, 2.75) is 12.6 Å². The fraction of sp³-hybridized carbons (Fsp3) is 0.350. The molecule has 29 heavy (non-hydrogen) atoms. The average Bonchev–Trinajstić information content (AvgIpc) is 2.74. The molecule has 0 bridgehead atoms. The summed E-state index contributed by atoms with van der Waals surface area (Å²) in [5, 5.41) is 2.72. The van der Waals surface area contributed by atoms with E-state index in [0.717, 1.165) is 12.3 Å². The van der Waals surface area contributed by atoms with Gasteiger partial charge in [0.05, 0.1) is 5.56 Å². The third kappa shape index (κ3) is 5.46. The minimum Gasteiger partial charge on any atom is -0.353 e. The Hall–Kier alpha value is -3.10. The summed E-state index contributed by atoms with van der Waals surface area (Å²) in [6, 6.07) is 11.1. The number of alkyl halides is 3. The number of aromatic nitrogens is 1. The van der Waals surface area contributed by atoms with Gasteiger partial charge in [0.25, 0.3) is 5.91 Å². The molecule has 2 heterocycles. The lowest BCUT2D eigenvalue weighted by Gasteiger charge is -2.35. The van der Waals surface area contributed by atoms with Crippen molar-refractivity contribution < 1.29 is 22.8 Å². The molecule has 0 radical (unpaired) electrons. The Labute approximate surface area is 166 Å². The minimum atomic E-state index is -4.41. The van der Waals surface area contributed by atoms with Crippen LogP contribution >= 0.6 is 0 Å². The Kier molecular flexibility index (Phi) is 6.36. The molecule has 1 aromatic heterocycles. The van der Waals surface area contributed by atoms with Crippen LogP contribution in [0.2, 0.25) is 0 Å². The fourth-order valence-corrected chi connectivity index (χ4v) is 3.06. The molecule has 1 N–H and O–H groups in total. The van der Waals surface area contributed by atoms with Gasteiger partial charge in [-0.1, -0.05) is 18.2 Å². The molecule has 2 amide bonds. The Balaban J connectivity index is 1.43. The number of piperazine rings is 1. The van der Waals surface area contributed by atoms with E-state index >= 15 is 0 Å². The number of pyridine rings is 1. The molecule has 0 unspecified atom stereocenters. The molecule has 1 saturated heterocycles. The van der Waals surface area contributed by atoms with Crippen LogP contribution in [0.5, 0.6) is 0 Å². The summed E-state index contributed by atoms with van der Waals surface area (Å²) in [7, 11) is 0. The van der Waals surface area contributed by atoms with Crippen molar-refractivity contribution in [3.8, 4) is 0 Å². The number of carbonyl (C=O) groups excluding carboxylic acids is 2. The maximum absolute atomic E-state index is 12.6. The third-order valence-electron chi connectivity index (χ3n) is 4.69. The smallest absolute Gasteiger partial charge is 0.353 e. The van der Waals surface area contributed by atoms with E-state index in [1.165, 1.54) is 6.07 Å². The normalized spacial score (nSPS) is 14.6. The molecule has 0 atom stereocenters. The van der Waals surface area contributed by atoms with Crippen LogP contribution in [0, 0.1) is 0 Å². The molecule has 0 aliphatic carbocycles. The van der Waals surface area contributed by atoms with Crippen molar-refractivity contribution in [2.24, 2.45) is 0 Å². The van der Waals surface area contributed by atoms with Gasteiger partial charge in [0.1, 0.15) is 5.82 Å². The van der Waals surface area contributed by atoms with E-state index in [4.69, 9.17) is 0 Å². The molecule has 154 valence electrons. The highest BCUT2D eigenvalue weighted by Crippen LogP contribution is 2.29. The van der Waals surface area contributed by atoms with E-state index in [-0.39, 0.29) is 24.8 Å². The number of halogens is 3. The standard InChI is InChI=1S/C20H21F3N4O2/c21-20(22,23)16-6-7-17(25-14-16)26-10-12-27(13-11-26)18(28)8-9-24-19(29)15-4-2-1-3-5-15/h1-7,14H,8-13H2,(H,24,29). The van der Waals surface area contributed by atoms with Gasteiger partial charge in [0.2, 0.25) is 5.91 Å². The SMILES string of the molecule is O=C(NCCC(=O)N1CCN(c2ccc(C(F)(F)F)cn2)CC1)c1ccccc1. The summed E-state index contributed by atoms with van der Waals surface area (Å²) in [6.45, 7) is 2.12. The first kappa shape index (κ1) is 20.6. The lowest BCUT2D eigenvalue weighted by Crippen LogP contribution is -2.49. The molecule has 1 aliphatic rings. The predicted molar refractivity (Wildman–Crippen MR) is 101 cm³/mol. The highest BCUT2D eigenvalue weighted by molar-refractivity contribution is 5.94. The van der Waals surface area contributed by atoms with E-state index < -0.39 is 11.7 Å². The Bertz CT molecular complexity index is 833. The van der Waals surface area contributed by atoms with Crippen molar-refractivity contribution in [1.82, 2.24) is 15.2 Å². The van der Waals surface area contributed by atoms with Crippen LogP contribution < -0.4 is 10.2 Å². The summed E-state index contributed by atoms with van der Waals surface area (Å²) in [4.78, 5) is 31.7. The van der Waals surface area contributed by atoms with E-state index in [1.807, 2.05) is 11.0 Å². The lowest BCUT2D eigenvalue weighted by atomic mass is 10.2. The van der Waals surface area contributed by atoms with Gasteiger partial charge in [-0.3, -0.25) is 9.59 Å². The Morgan fingerprint density at radius 3 is 2.28 bits per heavy atom. The predicted octanol–water partition coefficient (Wildman–Crippen LogP) is 2.57. The molecule has 9 heteroatoms. The van der Waals surface area contributed by atoms with Gasteiger partial charge >= 0.3 is 6.18 Å². The van der Waals surface area contributed by atoms with Gasteiger partial charge in [-0.15, -0.1) is 0 Å². The highest BCUT2D eigenvalue weighted by atomic mass is 19.4. The third-order valence-corrected chi connectivity index (χ3v) is 4.69. The average molecular weight is 406 g/mol. The number of rotatable bonds is 5. The number of nitrogens with zero attached hydrogens (tertiary/aromatic N) is 3. The van der Waals surface area contributed by atoms with E-state index in [2.05, 4.69) is 10.3 Å². The topological polar surface area (TPSA) is 65.5 Å². The number of hydrogen-bond acceptors (Lipinski definition) is 4. The molecular weight excluding hydrogens is 385 g/mol. The van der Waals surface area contributed by atoms with Gasteiger partial charge in [-0.25, -0.2) is 4.98 Å². The zero-order valence-corrected chi connectivity index (χ0v) is 15.7. The van der Waals surface area contributed by atoms with Gasteiger partial charge in [0.15, 0.2) is 0 Å². The molecule has 2 aromatic rings. The first-order valence-corrected chi connectivity index (χ1v) is 9.24. The fourth-order valence-electron chi connectivity index (χ4n) is 3.06. The van der Waals surface area contributed by atoms with Gasteiger partial charge < -0.3 is 15.1 Å². The van der Waals surface area contributed by atoms with Crippen LogP contribution in [0.25, 0.3) is 0 Å². The first-order valence-electron chi connectivity index (χ1n) is 9.24. The monoisotopic (exact) mass is 406 g/mol. The molecule has 3 rings (SSSR count). The van der Waals surface area contributed by atoms with Crippen molar-refractivity contribution >= 4 is 17.6 Å². The van der Waals surface area contributed by atoms with E-state index in [0.29, 0.717) is 37.6 Å². The summed E-state index contributed by atoms with van der Waals surface area (Å²) in [5.74, 6) is 0.162. The maximum Gasteiger partial charge on any atom is 0.417 e. The van der Waals surface area contributed by atoms with Crippen LogP contribution in [0.15, 0.2) is 48.7 Å². The van der Waals surface area contributed by atoms with E-state index in [1.54, 1.807) is 29.2 Å². The summed E-state index contributed by atoms with van der Waals surface area (Å²) in [6.07, 6.45) is -3.40. The zero-order valence-electron chi connectivity index (χ0n) is 15.7. The van der Waals surface area contributed by atoms with Crippen molar-refractivity contribution in [3.63, 3.8) is 0 Å². The highest BCUT2D eigenvalue weighted by Gasteiger charge is 2.31. The number of carbonyl (C=O) groups is 2. The quantitative estimate of drug-likeness (QED) is 0.829. The second-order valence-electron chi connectivity index (χ2n) is 6.64. The largest absolute Gasteiger partial charge is 0.417 e. The van der Waals surface area contributed by atoms with Crippen molar-refractivity contribution in [1.29, 1.82) is 0 Å². The maximum atomic E-state index is 12.6. The number of anilines is 1. The van der Waals surface area contributed by atoms with Gasteiger partial charge in [-0.05, 0) is 24.3 Å². The van der Waals surface area contributed by atoms with Crippen LogP contribution in [-0.4, -0.2) is 54.4 Å². The van der Waals surface area contributed by atoms with E-state index in [9.17, 15) is 22.8 Å². The summed E-state index contributed by atoms with van der Waals surface area (Å²) in [5.41, 5.74) is -0.245. The lowest BCUT2D eigenvalue weighted by molar-refractivity contribution is -0.137. The van der Waals surface area contributed by atoms with Crippen LogP contribution in [-0.2, 0) is 11.0 Å². The van der Waals surface area contributed by atoms with Crippen molar-refractivity contribution in [2.75, 3.05) is 37.6 Å². The molecule has 0 saturated carbocycles. The number of benzene rings is 1. The zero-order chi connectivity index (χ0) is 20.9. The van der Waals surface area contributed by atoms with Crippen molar-refractivity contribution in [3.05, 3.63) is 59.8 Å². The second-order valence-corrected chi connectivity index (χ2v) is 6.64. The first-order chi connectivity index (χ1) is 13.8. The molecule has 0 spiro atoms. The molecule has 1 aromatic carbocycles. The van der Waals surface area contributed by atoms with Gasteiger partial charge in [0, 0.05) is 50.9 Å². The summed E-state index contributed by atoms with van der Waals surface area (Å²) < 4.78 is 37.9. The van der Waals surface area contributed by atoms with Gasteiger partial charge in [-0.2, -0.15) is 13.2 Å². The molecule has 6 nitrogen and oxygen atoms in total. The number of amides is 2. The number of nitrogens with one attached hydrogen (secondary N) is 1. The molecular formula is C20H21F3N4O2. The Morgan fingerprint density at radius 1 is 1.00 bits per heavy atom. The minimum absolute atomic E-state index is 0.0709. The second kappa shape index (κ2) is 8.93. The summed E-state index contributed by atoms with van der Waals surface area (Å²) >= 11 is 0. The van der Waals surface area contributed by atoms with Crippen LogP contribution in [0.4, 0.5) is 19.0 Å². The molecule has 1 aliphatic heterocycles. The van der Waals surface area contributed by atoms with Crippen LogP contribution in [0.1, 0.15) is 22.3 Å². The number of hydrogen-bond donors (Lipinski definition) is 1. The molecule has 1 fully saturated rings. The van der Waals surface area contributed by atoms with Crippen LogP contribution in [0.3, 0.4) is 0 Å². The Morgan fingerprint density at radius 2 is 1.69 bits per heavy atom.